The summed E-state index contributed by atoms with van der Waals surface area (Å²) in [7, 11) is 0. The molecule has 1 aromatic heterocycles. The molecule has 2 rings (SSSR count). The molecule has 134 valence electrons. The van der Waals surface area contributed by atoms with Gasteiger partial charge in [-0.25, -0.2) is 0 Å². The maximum absolute atomic E-state index is 12.5. The summed E-state index contributed by atoms with van der Waals surface area (Å²) in [6, 6.07) is 3.39. The first-order chi connectivity index (χ1) is 11.5. The van der Waals surface area contributed by atoms with Gasteiger partial charge < -0.3 is 19.3 Å². The molecule has 1 aromatic rings. The first kappa shape index (κ1) is 18.5. The van der Waals surface area contributed by atoms with Crippen LogP contribution in [0.3, 0.4) is 0 Å². The number of carboxylic acids is 1. The van der Waals surface area contributed by atoms with Crippen LogP contribution in [0.2, 0.25) is 0 Å². The first-order valence-corrected chi connectivity index (χ1v) is 8.82. The summed E-state index contributed by atoms with van der Waals surface area (Å²) in [4.78, 5) is 27.8. The molecule has 0 saturated carbocycles. The third kappa shape index (κ3) is 4.84. The van der Waals surface area contributed by atoms with Gasteiger partial charge in [0.1, 0.15) is 0 Å². The van der Waals surface area contributed by atoms with E-state index in [0.717, 1.165) is 32.5 Å². The van der Waals surface area contributed by atoms with Gasteiger partial charge in [-0.15, -0.1) is 0 Å². The van der Waals surface area contributed by atoms with Crippen LogP contribution in [0.5, 0.6) is 0 Å². The number of hydrogen-bond donors (Lipinski definition) is 1. The van der Waals surface area contributed by atoms with Gasteiger partial charge in [0.15, 0.2) is 5.76 Å². The van der Waals surface area contributed by atoms with Crippen LogP contribution in [-0.2, 0) is 4.79 Å². The Morgan fingerprint density at radius 2 is 2.08 bits per heavy atom. The van der Waals surface area contributed by atoms with E-state index in [9.17, 15) is 14.7 Å². The monoisotopic (exact) mass is 336 g/mol. The Hall–Kier alpha value is -1.82. The van der Waals surface area contributed by atoms with Crippen molar-refractivity contribution in [1.29, 1.82) is 0 Å². The van der Waals surface area contributed by atoms with Crippen molar-refractivity contribution in [2.45, 2.75) is 33.1 Å². The minimum Gasteiger partial charge on any atom is -0.481 e. The Bertz CT molecular complexity index is 525. The van der Waals surface area contributed by atoms with E-state index in [-0.39, 0.29) is 24.2 Å². The Labute approximate surface area is 143 Å². The normalized spacial score (nSPS) is 21.2. The molecule has 2 atom stereocenters. The summed E-state index contributed by atoms with van der Waals surface area (Å²) in [5, 5.41) is 9.17. The average molecular weight is 336 g/mol. The van der Waals surface area contributed by atoms with Crippen LogP contribution >= 0.6 is 0 Å². The highest BCUT2D eigenvalue weighted by molar-refractivity contribution is 5.91. The number of hydrogen-bond acceptors (Lipinski definition) is 4. The van der Waals surface area contributed by atoms with Crippen molar-refractivity contribution in [2.24, 2.45) is 11.8 Å². The van der Waals surface area contributed by atoms with Crippen LogP contribution in [0.1, 0.15) is 43.7 Å². The van der Waals surface area contributed by atoms with Crippen LogP contribution in [-0.4, -0.2) is 59.5 Å². The number of carbonyl (C=O) groups excluding carboxylic acids is 1. The molecule has 0 bridgehead atoms. The summed E-state index contributed by atoms with van der Waals surface area (Å²) in [5.41, 5.74) is 0. The topological polar surface area (TPSA) is 74.0 Å². The lowest BCUT2D eigenvalue weighted by Crippen LogP contribution is -2.45. The number of amides is 1. The maximum atomic E-state index is 12.5. The highest BCUT2D eigenvalue weighted by atomic mass is 16.4. The van der Waals surface area contributed by atoms with Crippen molar-refractivity contribution in [1.82, 2.24) is 9.80 Å². The molecule has 1 N–H and O–H groups in total. The minimum atomic E-state index is -0.751. The molecule has 0 unspecified atom stereocenters. The standard InChI is InChI=1S/C18H28N2O4/c1-3-19(4-2)9-7-15-13-20(10-8-14(15)12-17(21)22)18(23)16-6-5-11-24-16/h5-6,11,14-15H,3-4,7-10,12-13H2,1-2H3,(H,21,22)/t14-,15+/m0/s1. The summed E-state index contributed by atoms with van der Waals surface area (Å²) < 4.78 is 5.21. The molecule has 0 aromatic carbocycles. The summed E-state index contributed by atoms with van der Waals surface area (Å²) >= 11 is 0. The van der Waals surface area contributed by atoms with E-state index in [1.807, 2.05) is 4.90 Å². The van der Waals surface area contributed by atoms with E-state index >= 15 is 0 Å². The zero-order valence-electron chi connectivity index (χ0n) is 14.6. The number of rotatable bonds is 8. The molecule has 6 heteroatoms. The molecule has 6 nitrogen and oxygen atoms in total. The van der Waals surface area contributed by atoms with Crippen molar-refractivity contribution in [3.8, 4) is 0 Å². The Balaban J connectivity index is 2.01. The zero-order valence-corrected chi connectivity index (χ0v) is 14.6. The lowest BCUT2D eigenvalue weighted by atomic mass is 9.81. The number of carbonyl (C=O) groups is 2. The summed E-state index contributed by atoms with van der Waals surface area (Å²) in [6.45, 7) is 8.38. The number of aliphatic carboxylic acids is 1. The smallest absolute Gasteiger partial charge is 0.303 e. The van der Waals surface area contributed by atoms with Gasteiger partial charge in [-0.1, -0.05) is 13.8 Å². The van der Waals surface area contributed by atoms with Gasteiger partial charge in [-0.05, 0) is 56.4 Å². The van der Waals surface area contributed by atoms with Crippen LogP contribution < -0.4 is 0 Å². The molecule has 0 aliphatic carbocycles. The number of furan rings is 1. The van der Waals surface area contributed by atoms with E-state index in [2.05, 4.69) is 18.7 Å². The number of likely N-dealkylation sites (tertiary alicyclic amines) is 1. The van der Waals surface area contributed by atoms with Gasteiger partial charge in [0.25, 0.3) is 5.91 Å². The molecule has 1 aliphatic heterocycles. The Morgan fingerprint density at radius 1 is 1.33 bits per heavy atom. The molecule has 1 fully saturated rings. The molecular weight excluding hydrogens is 308 g/mol. The van der Waals surface area contributed by atoms with E-state index in [1.54, 1.807) is 12.1 Å². The lowest BCUT2D eigenvalue weighted by molar-refractivity contribution is -0.139. The quantitative estimate of drug-likeness (QED) is 0.790. The lowest BCUT2D eigenvalue weighted by Gasteiger charge is -2.38. The van der Waals surface area contributed by atoms with Crippen molar-refractivity contribution < 1.29 is 19.1 Å². The summed E-state index contributed by atoms with van der Waals surface area (Å²) in [6.07, 6.45) is 3.34. The zero-order chi connectivity index (χ0) is 17.5. The maximum Gasteiger partial charge on any atom is 0.303 e. The molecular formula is C18H28N2O4. The van der Waals surface area contributed by atoms with Gasteiger partial charge in [-0.3, -0.25) is 9.59 Å². The minimum absolute atomic E-state index is 0.0957. The third-order valence-electron chi connectivity index (χ3n) is 5.06. The molecule has 1 amide bonds. The fourth-order valence-corrected chi connectivity index (χ4v) is 3.53. The molecule has 24 heavy (non-hydrogen) atoms. The highest BCUT2D eigenvalue weighted by Crippen LogP contribution is 2.30. The number of carboxylic acid groups (broad SMARTS) is 1. The van der Waals surface area contributed by atoms with E-state index in [0.29, 0.717) is 18.8 Å². The van der Waals surface area contributed by atoms with Crippen molar-refractivity contribution in [3.63, 3.8) is 0 Å². The second-order valence-corrected chi connectivity index (χ2v) is 6.45. The fraction of sp³-hybridized carbons (Fsp3) is 0.667. The molecule has 0 spiro atoms. The second-order valence-electron chi connectivity index (χ2n) is 6.45. The van der Waals surface area contributed by atoms with Crippen molar-refractivity contribution in [3.05, 3.63) is 24.2 Å². The van der Waals surface area contributed by atoms with Gasteiger partial charge >= 0.3 is 5.97 Å². The van der Waals surface area contributed by atoms with E-state index in [4.69, 9.17) is 4.42 Å². The molecule has 0 radical (unpaired) electrons. The highest BCUT2D eigenvalue weighted by Gasteiger charge is 2.33. The van der Waals surface area contributed by atoms with Gasteiger partial charge in [0.05, 0.1) is 6.26 Å². The number of piperidine rings is 1. The average Bonchev–Trinajstić information content (AvgIpc) is 3.10. The van der Waals surface area contributed by atoms with Crippen LogP contribution in [0.4, 0.5) is 0 Å². The number of nitrogens with zero attached hydrogens (tertiary/aromatic N) is 2. The van der Waals surface area contributed by atoms with Crippen LogP contribution in [0, 0.1) is 11.8 Å². The van der Waals surface area contributed by atoms with Crippen molar-refractivity contribution in [2.75, 3.05) is 32.7 Å². The molecule has 1 aliphatic rings. The molecule has 1 saturated heterocycles. The van der Waals surface area contributed by atoms with Gasteiger partial charge in [0.2, 0.25) is 0 Å². The van der Waals surface area contributed by atoms with Gasteiger partial charge in [-0.2, -0.15) is 0 Å². The predicted octanol–water partition coefficient (Wildman–Crippen LogP) is 2.56. The van der Waals surface area contributed by atoms with Crippen LogP contribution in [0.25, 0.3) is 0 Å². The third-order valence-corrected chi connectivity index (χ3v) is 5.06. The fourth-order valence-electron chi connectivity index (χ4n) is 3.53. The first-order valence-electron chi connectivity index (χ1n) is 8.82. The largest absolute Gasteiger partial charge is 0.481 e. The second kappa shape index (κ2) is 8.87. The van der Waals surface area contributed by atoms with E-state index in [1.165, 1.54) is 6.26 Å². The Kier molecular flexibility index (Phi) is 6.85. The van der Waals surface area contributed by atoms with Gasteiger partial charge in [0, 0.05) is 19.5 Å². The summed E-state index contributed by atoms with van der Waals surface area (Å²) in [5.74, 6) is -0.137. The van der Waals surface area contributed by atoms with E-state index < -0.39 is 5.97 Å². The predicted molar refractivity (Wildman–Crippen MR) is 90.9 cm³/mol. The molecule has 2 heterocycles. The SMILES string of the molecule is CCN(CC)CC[C@@H]1CN(C(=O)c2ccco2)CC[C@H]1CC(=O)O. The van der Waals surface area contributed by atoms with Crippen LogP contribution in [0.15, 0.2) is 22.8 Å². The van der Waals surface area contributed by atoms with Crippen molar-refractivity contribution >= 4 is 11.9 Å². The Morgan fingerprint density at radius 3 is 2.67 bits per heavy atom.